The summed E-state index contributed by atoms with van der Waals surface area (Å²) in [6, 6.07) is 3.49. The normalized spacial score (nSPS) is 12.0. The van der Waals surface area contributed by atoms with E-state index in [1.807, 2.05) is 13.8 Å². The molecule has 2 aromatic heterocycles. The van der Waals surface area contributed by atoms with Crippen molar-refractivity contribution in [2.45, 2.75) is 39.8 Å². The van der Waals surface area contributed by atoms with Gasteiger partial charge in [0.05, 0.1) is 19.2 Å². The molecular weight excluding hydrogens is 284 g/mol. The second-order valence-corrected chi connectivity index (χ2v) is 4.87. The number of tetrazole rings is 1. The first-order valence-corrected chi connectivity index (χ1v) is 7.22. The minimum atomic E-state index is -0.432. The smallest absolute Gasteiger partial charge is 0.338 e. The van der Waals surface area contributed by atoms with Gasteiger partial charge in [-0.3, -0.25) is 0 Å². The first kappa shape index (κ1) is 15.9. The van der Waals surface area contributed by atoms with Crippen LogP contribution in [0.1, 0.15) is 37.6 Å². The van der Waals surface area contributed by atoms with Gasteiger partial charge in [0.2, 0.25) is 5.82 Å². The maximum absolute atomic E-state index is 11.8. The summed E-state index contributed by atoms with van der Waals surface area (Å²) in [6.45, 7) is 6.64. The largest absolute Gasteiger partial charge is 0.465 e. The van der Waals surface area contributed by atoms with E-state index in [1.165, 1.54) is 11.9 Å². The highest BCUT2D eigenvalue weighted by atomic mass is 16.5. The number of hydrogen-bond donors (Lipinski definition) is 1. The van der Waals surface area contributed by atoms with Crippen LogP contribution in [-0.2, 0) is 11.3 Å². The molecule has 0 radical (unpaired) electrons. The summed E-state index contributed by atoms with van der Waals surface area (Å²) in [5.41, 5.74) is 0.875. The first-order chi connectivity index (χ1) is 10.6. The van der Waals surface area contributed by atoms with Gasteiger partial charge in [-0.2, -0.15) is 4.80 Å². The van der Waals surface area contributed by atoms with Gasteiger partial charge in [-0.25, -0.2) is 9.78 Å². The van der Waals surface area contributed by atoms with Crippen molar-refractivity contribution in [3.05, 3.63) is 17.7 Å². The molecule has 2 rings (SSSR count). The number of esters is 1. The standard InChI is InChI=1S/C14H20N6O2/c1-5-9(3)15-12-8-10(14(21)22-4)7-11(16-12)13-17-19-20(6-2)18-13/h7-9H,5-6H2,1-4H3,(H,15,16)/t9-/m0/s1. The van der Waals surface area contributed by atoms with E-state index in [1.54, 1.807) is 12.1 Å². The fourth-order valence-corrected chi connectivity index (χ4v) is 1.79. The van der Waals surface area contributed by atoms with Crippen LogP contribution in [0.5, 0.6) is 0 Å². The molecule has 118 valence electrons. The van der Waals surface area contributed by atoms with Gasteiger partial charge in [-0.05, 0) is 37.6 Å². The second kappa shape index (κ2) is 6.97. The molecule has 0 bridgehead atoms. The van der Waals surface area contributed by atoms with Crippen molar-refractivity contribution >= 4 is 11.8 Å². The molecule has 0 fully saturated rings. The van der Waals surface area contributed by atoms with E-state index in [0.29, 0.717) is 29.4 Å². The molecule has 22 heavy (non-hydrogen) atoms. The molecule has 0 spiro atoms. The SMILES string of the molecule is CC[C@H](C)Nc1cc(C(=O)OC)cc(-c2nnn(CC)n2)n1. The van der Waals surface area contributed by atoms with E-state index >= 15 is 0 Å². The summed E-state index contributed by atoms with van der Waals surface area (Å²) in [5.74, 6) is 0.527. The molecule has 0 aliphatic heterocycles. The topological polar surface area (TPSA) is 94.8 Å². The number of ether oxygens (including phenoxy) is 1. The Morgan fingerprint density at radius 2 is 2.18 bits per heavy atom. The Morgan fingerprint density at radius 1 is 1.41 bits per heavy atom. The van der Waals surface area contributed by atoms with Crippen LogP contribution in [0.4, 0.5) is 5.82 Å². The molecule has 0 aromatic carbocycles. The highest BCUT2D eigenvalue weighted by molar-refractivity contribution is 5.91. The van der Waals surface area contributed by atoms with Crippen LogP contribution in [0, 0.1) is 0 Å². The number of methoxy groups -OCH3 is 1. The van der Waals surface area contributed by atoms with Gasteiger partial charge in [0, 0.05) is 6.04 Å². The fourth-order valence-electron chi connectivity index (χ4n) is 1.79. The fraction of sp³-hybridized carbons (Fsp3) is 0.500. The van der Waals surface area contributed by atoms with Crippen molar-refractivity contribution in [1.29, 1.82) is 0 Å². The number of rotatable bonds is 6. The minimum absolute atomic E-state index is 0.229. The third kappa shape index (κ3) is 3.57. The van der Waals surface area contributed by atoms with Crippen molar-refractivity contribution in [3.8, 4) is 11.5 Å². The predicted octanol–water partition coefficient (Wildman–Crippen LogP) is 1.75. The second-order valence-electron chi connectivity index (χ2n) is 4.87. The van der Waals surface area contributed by atoms with Crippen molar-refractivity contribution < 1.29 is 9.53 Å². The molecule has 0 aliphatic carbocycles. The lowest BCUT2D eigenvalue weighted by Crippen LogP contribution is -2.15. The van der Waals surface area contributed by atoms with Gasteiger partial charge in [0.15, 0.2) is 0 Å². The summed E-state index contributed by atoms with van der Waals surface area (Å²) in [7, 11) is 1.34. The predicted molar refractivity (Wildman–Crippen MR) is 81.4 cm³/mol. The number of nitrogens with one attached hydrogen (secondary N) is 1. The monoisotopic (exact) mass is 304 g/mol. The van der Waals surface area contributed by atoms with E-state index in [2.05, 4.69) is 32.6 Å². The van der Waals surface area contributed by atoms with Crippen molar-refractivity contribution in [2.24, 2.45) is 0 Å². The Hall–Kier alpha value is -2.51. The highest BCUT2D eigenvalue weighted by Gasteiger charge is 2.15. The maximum atomic E-state index is 11.8. The maximum Gasteiger partial charge on any atom is 0.338 e. The zero-order chi connectivity index (χ0) is 16.1. The van der Waals surface area contributed by atoms with Crippen LogP contribution in [0.15, 0.2) is 12.1 Å². The highest BCUT2D eigenvalue weighted by Crippen LogP contribution is 2.19. The Balaban J connectivity index is 2.43. The van der Waals surface area contributed by atoms with Crippen LogP contribution in [0.25, 0.3) is 11.5 Å². The van der Waals surface area contributed by atoms with Crippen LogP contribution in [-0.4, -0.2) is 44.3 Å². The molecule has 2 heterocycles. The molecule has 1 N–H and O–H groups in total. The molecule has 0 aliphatic rings. The number of hydrogen-bond acceptors (Lipinski definition) is 7. The number of pyridine rings is 1. The number of anilines is 1. The Morgan fingerprint density at radius 3 is 2.77 bits per heavy atom. The van der Waals surface area contributed by atoms with E-state index in [-0.39, 0.29) is 6.04 Å². The minimum Gasteiger partial charge on any atom is -0.465 e. The molecule has 8 heteroatoms. The summed E-state index contributed by atoms with van der Waals surface area (Å²) in [4.78, 5) is 17.7. The average molecular weight is 304 g/mol. The first-order valence-electron chi connectivity index (χ1n) is 7.22. The number of aryl methyl sites for hydroxylation is 1. The van der Waals surface area contributed by atoms with Gasteiger partial charge in [0.25, 0.3) is 0 Å². The van der Waals surface area contributed by atoms with Gasteiger partial charge in [0.1, 0.15) is 11.5 Å². The van der Waals surface area contributed by atoms with Gasteiger partial charge in [-0.1, -0.05) is 6.92 Å². The van der Waals surface area contributed by atoms with Crippen LogP contribution < -0.4 is 5.32 Å². The molecular formula is C14H20N6O2. The van der Waals surface area contributed by atoms with Crippen molar-refractivity contribution in [1.82, 2.24) is 25.2 Å². The van der Waals surface area contributed by atoms with Gasteiger partial charge >= 0.3 is 5.97 Å². The number of nitrogens with zero attached hydrogens (tertiary/aromatic N) is 5. The number of aromatic nitrogens is 5. The average Bonchev–Trinajstić information content (AvgIpc) is 3.02. The molecule has 0 unspecified atom stereocenters. The van der Waals surface area contributed by atoms with E-state index < -0.39 is 5.97 Å². The molecule has 1 atom stereocenters. The third-order valence-corrected chi connectivity index (χ3v) is 3.22. The third-order valence-electron chi connectivity index (χ3n) is 3.22. The van der Waals surface area contributed by atoms with Crippen molar-refractivity contribution in [2.75, 3.05) is 12.4 Å². The van der Waals surface area contributed by atoms with Crippen molar-refractivity contribution in [3.63, 3.8) is 0 Å². The van der Waals surface area contributed by atoms with Gasteiger partial charge < -0.3 is 10.1 Å². The molecule has 2 aromatic rings. The zero-order valence-corrected chi connectivity index (χ0v) is 13.2. The summed E-state index contributed by atoms with van der Waals surface area (Å²) >= 11 is 0. The molecule has 0 saturated heterocycles. The summed E-state index contributed by atoms with van der Waals surface area (Å²) in [5, 5.41) is 15.3. The Kier molecular flexibility index (Phi) is 5.03. The lowest BCUT2D eigenvalue weighted by molar-refractivity contribution is 0.0600. The number of carbonyl (C=O) groups excluding carboxylic acids is 1. The number of carbonyl (C=O) groups is 1. The Bertz CT molecular complexity index is 655. The molecule has 8 nitrogen and oxygen atoms in total. The van der Waals surface area contributed by atoms with Gasteiger partial charge in [-0.15, -0.1) is 10.2 Å². The van der Waals surface area contributed by atoms with Crippen LogP contribution >= 0.6 is 0 Å². The summed E-state index contributed by atoms with van der Waals surface area (Å²) in [6.07, 6.45) is 0.934. The Labute approximate surface area is 128 Å². The molecule has 0 amide bonds. The van der Waals surface area contributed by atoms with E-state index in [0.717, 1.165) is 6.42 Å². The van der Waals surface area contributed by atoms with Crippen LogP contribution in [0.2, 0.25) is 0 Å². The molecule has 0 saturated carbocycles. The zero-order valence-electron chi connectivity index (χ0n) is 13.2. The van der Waals surface area contributed by atoms with E-state index in [4.69, 9.17) is 4.74 Å². The quantitative estimate of drug-likeness (QED) is 0.812. The lowest BCUT2D eigenvalue weighted by Gasteiger charge is -2.13. The van der Waals surface area contributed by atoms with E-state index in [9.17, 15) is 4.79 Å². The lowest BCUT2D eigenvalue weighted by atomic mass is 10.2. The van der Waals surface area contributed by atoms with Crippen LogP contribution in [0.3, 0.4) is 0 Å². The summed E-state index contributed by atoms with van der Waals surface area (Å²) < 4.78 is 4.78.